The molecule has 3 heterocycles. The van der Waals surface area contributed by atoms with E-state index in [2.05, 4.69) is 216 Å². The fourth-order valence-electron chi connectivity index (χ4n) is 9.71. The van der Waals surface area contributed by atoms with E-state index >= 15 is 0 Å². The number of para-hydroxylation sites is 3. The molecule has 0 amide bonds. The summed E-state index contributed by atoms with van der Waals surface area (Å²) in [7, 11) is 0. The Balaban J connectivity index is 0.966. The van der Waals surface area contributed by atoms with Crippen LogP contribution in [-0.2, 0) is 0 Å². The number of nitrogens with zero attached hydrogens (tertiary/aromatic N) is 2. The lowest BCUT2D eigenvalue weighted by molar-refractivity contribution is 0.669. The summed E-state index contributed by atoms with van der Waals surface area (Å²) in [6.45, 7) is 0. The molecule has 10 aromatic carbocycles. The summed E-state index contributed by atoms with van der Waals surface area (Å²) in [5, 5.41) is 9.17. The van der Waals surface area contributed by atoms with E-state index in [1.165, 1.54) is 21.8 Å². The molecule has 0 aliphatic rings. The molecule has 13 aromatic rings. The van der Waals surface area contributed by atoms with Crippen LogP contribution in [0.3, 0.4) is 0 Å². The van der Waals surface area contributed by atoms with Crippen molar-refractivity contribution >= 4 is 93.5 Å². The van der Waals surface area contributed by atoms with Crippen molar-refractivity contribution in [1.82, 2.24) is 4.57 Å². The molecule has 0 bridgehead atoms. The molecule has 0 saturated heterocycles. The summed E-state index contributed by atoms with van der Waals surface area (Å²) >= 11 is 0. The van der Waals surface area contributed by atoms with Gasteiger partial charge in [0.15, 0.2) is 0 Å². The van der Waals surface area contributed by atoms with E-state index in [-0.39, 0.29) is 0 Å². The molecule has 290 valence electrons. The van der Waals surface area contributed by atoms with Crippen LogP contribution in [0.5, 0.6) is 0 Å². The Labute approximate surface area is 356 Å². The van der Waals surface area contributed by atoms with Crippen LogP contribution in [0.25, 0.3) is 104 Å². The normalized spacial score (nSPS) is 11.9. The third-order valence-corrected chi connectivity index (χ3v) is 12.6. The number of furan rings is 2. The van der Waals surface area contributed by atoms with Crippen molar-refractivity contribution in [1.29, 1.82) is 0 Å². The summed E-state index contributed by atoms with van der Waals surface area (Å²) in [5.74, 6) is 0. The summed E-state index contributed by atoms with van der Waals surface area (Å²) in [4.78, 5) is 2.38. The van der Waals surface area contributed by atoms with Gasteiger partial charge in [-0.05, 0) is 113 Å². The van der Waals surface area contributed by atoms with Crippen LogP contribution in [-0.4, -0.2) is 4.57 Å². The van der Waals surface area contributed by atoms with E-state index in [0.717, 1.165) is 99.7 Å². The third kappa shape index (κ3) is 5.33. The molecular formula is C58H36N2O2. The van der Waals surface area contributed by atoms with Gasteiger partial charge in [0.05, 0.1) is 22.1 Å². The Morgan fingerprint density at radius 3 is 1.79 bits per heavy atom. The van der Waals surface area contributed by atoms with E-state index < -0.39 is 0 Å². The number of fused-ring (bicyclic) bond motifs is 11. The molecule has 3 aromatic heterocycles. The Bertz CT molecular complexity index is 3830. The van der Waals surface area contributed by atoms with Crippen molar-refractivity contribution < 1.29 is 8.83 Å². The zero-order valence-electron chi connectivity index (χ0n) is 33.5. The molecule has 0 radical (unpaired) electrons. The zero-order valence-corrected chi connectivity index (χ0v) is 33.5. The molecule has 0 aliphatic carbocycles. The number of aromatic nitrogens is 1. The van der Waals surface area contributed by atoms with Gasteiger partial charge < -0.3 is 18.3 Å². The van der Waals surface area contributed by atoms with Gasteiger partial charge in [-0.3, -0.25) is 0 Å². The molecule has 4 nitrogen and oxygen atoms in total. The maximum Gasteiger partial charge on any atom is 0.143 e. The molecule has 0 aliphatic heterocycles. The van der Waals surface area contributed by atoms with Crippen LogP contribution in [0.4, 0.5) is 17.1 Å². The Kier molecular flexibility index (Phi) is 7.57. The molecule has 13 rings (SSSR count). The van der Waals surface area contributed by atoms with E-state index in [1.807, 2.05) is 12.1 Å². The highest BCUT2D eigenvalue weighted by Crippen LogP contribution is 2.46. The van der Waals surface area contributed by atoms with Crippen molar-refractivity contribution in [3.63, 3.8) is 0 Å². The van der Waals surface area contributed by atoms with Gasteiger partial charge in [0, 0.05) is 49.4 Å². The molecule has 0 spiro atoms. The minimum atomic E-state index is 0.853. The van der Waals surface area contributed by atoms with Crippen LogP contribution >= 0.6 is 0 Å². The smallest absolute Gasteiger partial charge is 0.143 e. The Morgan fingerprint density at radius 2 is 0.968 bits per heavy atom. The molecule has 62 heavy (non-hydrogen) atoms. The maximum atomic E-state index is 6.72. The van der Waals surface area contributed by atoms with Crippen molar-refractivity contribution in [3.8, 4) is 27.9 Å². The molecule has 0 saturated carbocycles. The zero-order chi connectivity index (χ0) is 40.7. The molecule has 4 heteroatoms. The van der Waals surface area contributed by atoms with Crippen molar-refractivity contribution in [2.24, 2.45) is 0 Å². The van der Waals surface area contributed by atoms with Crippen molar-refractivity contribution in [3.05, 3.63) is 218 Å². The van der Waals surface area contributed by atoms with Crippen LogP contribution in [0, 0.1) is 0 Å². The first-order chi connectivity index (χ1) is 30.7. The first-order valence-electron chi connectivity index (χ1n) is 21.1. The average Bonchev–Trinajstić information content (AvgIpc) is 4.02. The number of rotatable bonds is 6. The lowest BCUT2D eigenvalue weighted by Crippen LogP contribution is -2.10. The van der Waals surface area contributed by atoms with Gasteiger partial charge in [-0.1, -0.05) is 133 Å². The molecule has 0 N–H and O–H groups in total. The minimum absolute atomic E-state index is 0.853. The minimum Gasteiger partial charge on any atom is -0.456 e. The Hall–Kier alpha value is -8.34. The van der Waals surface area contributed by atoms with Crippen molar-refractivity contribution in [2.75, 3.05) is 4.90 Å². The van der Waals surface area contributed by atoms with Gasteiger partial charge in [0.25, 0.3) is 0 Å². The van der Waals surface area contributed by atoms with Crippen molar-refractivity contribution in [2.45, 2.75) is 0 Å². The highest BCUT2D eigenvalue weighted by atomic mass is 16.3. The average molecular weight is 793 g/mol. The van der Waals surface area contributed by atoms with Gasteiger partial charge in [-0.15, -0.1) is 0 Å². The Morgan fingerprint density at radius 1 is 0.339 bits per heavy atom. The van der Waals surface area contributed by atoms with E-state index in [9.17, 15) is 0 Å². The van der Waals surface area contributed by atoms with Gasteiger partial charge in [-0.2, -0.15) is 0 Å². The highest BCUT2D eigenvalue weighted by Gasteiger charge is 2.21. The van der Waals surface area contributed by atoms with E-state index in [0.29, 0.717) is 0 Å². The summed E-state index contributed by atoms with van der Waals surface area (Å²) in [6.07, 6.45) is 0. The van der Waals surface area contributed by atoms with Crippen LogP contribution in [0.1, 0.15) is 0 Å². The summed E-state index contributed by atoms with van der Waals surface area (Å²) < 4.78 is 15.3. The fraction of sp³-hybridized carbons (Fsp3) is 0. The molecule has 0 fully saturated rings. The number of hydrogen-bond acceptors (Lipinski definition) is 3. The first-order valence-corrected chi connectivity index (χ1v) is 21.1. The lowest BCUT2D eigenvalue weighted by Gasteiger charge is -2.27. The van der Waals surface area contributed by atoms with E-state index in [4.69, 9.17) is 8.83 Å². The number of benzene rings is 10. The monoisotopic (exact) mass is 792 g/mol. The second-order valence-corrected chi connectivity index (χ2v) is 16.1. The molecule has 0 unspecified atom stereocenters. The third-order valence-electron chi connectivity index (χ3n) is 12.6. The standard InChI is InChI=1S/C58H36N2O2/c1-2-17-45-38(12-1)28-32-49-57-53(23-11-25-56(57)62-58(45)49)59(43-15-10-14-40(35-43)41-29-33-55-50(36-41)48-20-5-8-24-54(48)61-55)42-30-26-37(27-31-42)39-13-9-16-44(34-39)60-51-21-6-3-18-46(51)47-19-4-7-22-52(47)60/h1-36H. The van der Waals surface area contributed by atoms with Gasteiger partial charge >= 0.3 is 0 Å². The maximum absolute atomic E-state index is 6.72. The molecular weight excluding hydrogens is 757 g/mol. The summed E-state index contributed by atoms with van der Waals surface area (Å²) in [6, 6.07) is 78.1. The number of anilines is 3. The van der Waals surface area contributed by atoms with Gasteiger partial charge in [0.1, 0.15) is 22.3 Å². The largest absolute Gasteiger partial charge is 0.456 e. The van der Waals surface area contributed by atoms with Crippen LogP contribution in [0.15, 0.2) is 227 Å². The summed E-state index contributed by atoms with van der Waals surface area (Å²) in [5.41, 5.74) is 14.8. The molecule has 0 atom stereocenters. The fourth-order valence-corrected chi connectivity index (χ4v) is 9.71. The highest BCUT2D eigenvalue weighted by molar-refractivity contribution is 6.19. The quantitative estimate of drug-likeness (QED) is 0.168. The SMILES string of the molecule is c1cc(-c2ccc3oc4ccccc4c3c2)cc(N(c2ccc(-c3cccc(-n4c5ccccc5c5ccccc54)c3)cc2)c2cccc3oc4c5ccccc5ccc4c23)c1. The van der Waals surface area contributed by atoms with E-state index in [1.54, 1.807) is 0 Å². The first kappa shape index (κ1) is 34.5. The van der Waals surface area contributed by atoms with Crippen LogP contribution < -0.4 is 4.90 Å². The topological polar surface area (TPSA) is 34.5 Å². The number of hydrogen-bond donors (Lipinski definition) is 0. The predicted octanol–water partition coefficient (Wildman–Crippen LogP) is 16.5. The van der Waals surface area contributed by atoms with Gasteiger partial charge in [0.2, 0.25) is 0 Å². The van der Waals surface area contributed by atoms with Gasteiger partial charge in [-0.25, -0.2) is 0 Å². The second-order valence-electron chi connectivity index (χ2n) is 16.1. The lowest BCUT2D eigenvalue weighted by atomic mass is 10.0. The second kappa shape index (κ2) is 13.6. The van der Waals surface area contributed by atoms with Crippen LogP contribution in [0.2, 0.25) is 0 Å². The predicted molar refractivity (Wildman–Crippen MR) is 258 cm³/mol.